The molecule has 3 rings (SSSR count). The number of benzene rings is 2. The molecule has 0 aliphatic rings. The summed E-state index contributed by atoms with van der Waals surface area (Å²) in [5, 5.41) is 13.8. The van der Waals surface area contributed by atoms with Crippen molar-refractivity contribution in [3.63, 3.8) is 0 Å². The van der Waals surface area contributed by atoms with Crippen molar-refractivity contribution in [1.82, 2.24) is 4.98 Å². The van der Waals surface area contributed by atoms with Crippen LogP contribution < -0.4 is 5.32 Å². The van der Waals surface area contributed by atoms with Crippen LogP contribution in [0.2, 0.25) is 0 Å². The maximum absolute atomic E-state index is 12.2. The number of fused-ring (bicyclic) bond motifs is 1. The van der Waals surface area contributed by atoms with Gasteiger partial charge in [0.1, 0.15) is 11.1 Å². The molecule has 1 aromatic heterocycles. The maximum atomic E-state index is 12.2. The van der Waals surface area contributed by atoms with Gasteiger partial charge in [-0.15, -0.1) is 0 Å². The number of rotatable bonds is 4. The molecule has 124 valence electrons. The number of hydrogen-bond donors (Lipinski definition) is 1. The lowest BCUT2D eigenvalue weighted by Gasteiger charge is -2.08. The topological polar surface area (TPSA) is 65.8 Å². The van der Waals surface area contributed by atoms with E-state index in [4.69, 9.17) is 0 Å². The Morgan fingerprint density at radius 2 is 2.00 bits per heavy atom. The maximum Gasteiger partial charge on any atom is 0.234 e. The number of aromatic nitrogens is 1. The number of hydrogen-bond acceptors (Lipinski definition) is 4. The summed E-state index contributed by atoms with van der Waals surface area (Å²) in [4.78, 5) is 16.8. The van der Waals surface area contributed by atoms with Crippen LogP contribution in [0.1, 0.15) is 16.7 Å². The van der Waals surface area contributed by atoms with E-state index < -0.39 is 0 Å². The van der Waals surface area contributed by atoms with Gasteiger partial charge in [-0.2, -0.15) is 5.26 Å². The van der Waals surface area contributed by atoms with Gasteiger partial charge in [-0.25, -0.2) is 4.98 Å². The Morgan fingerprint density at radius 1 is 1.20 bits per heavy atom. The fourth-order valence-electron chi connectivity index (χ4n) is 2.57. The first-order valence-electron chi connectivity index (χ1n) is 7.86. The number of anilines is 1. The minimum atomic E-state index is -0.119. The fourth-order valence-corrected chi connectivity index (χ4v) is 3.33. The minimum absolute atomic E-state index is 0.119. The third kappa shape index (κ3) is 3.98. The summed E-state index contributed by atoms with van der Waals surface area (Å²) in [5.41, 5.74) is 4.26. The van der Waals surface area contributed by atoms with Gasteiger partial charge in [0.05, 0.1) is 16.8 Å². The summed E-state index contributed by atoms with van der Waals surface area (Å²) < 4.78 is 0. The van der Waals surface area contributed by atoms with Gasteiger partial charge in [-0.05, 0) is 43.2 Å². The number of nitrogens with one attached hydrogen (secondary N) is 1. The summed E-state index contributed by atoms with van der Waals surface area (Å²) in [6.07, 6.45) is 0. The molecule has 0 fully saturated rings. The third-order valence-electron chi connectivity index (χ3n) is 3.77. The Kier molecular flexibility index (Phi) is 5.01. The Hall–Kier alpha value is -2.84. The predicted octanol–water partition coefficient (Wildman–Crippen LogP) is 4.45. The van der Waals surface area contributed by atoms with Crippen molar-refractivity contribution in [3.05, 3.63) is 65.2 Å². The van der Waals surface area contributed by atoms with Crippen molar-refractivity contribution in [3.8, 4) is 6.07 Å². The molecule has 3 aromatic rings. The highest BCUT2D eigenvalue weighted by Crippen LogP contribution is 2.26. The quantitative estimate of drug-likeness (QED) is 0.708. The molecule has 4 nitrogen and oxygen atoms in total. The lowest BCUT2D eigenvalue weighted by atomic mass is 10.1. The van der Waals surface area contributed by atoms with Crippen LogP contribution in [-0.2, 0) is 4.79 Å². The molecule has 2 aromatic carbocycles. The van der Waals surface area contributed by atoms with E-state index in [9.17, 15) is 10.1 Å². The Balaban J connectivity index is 1.77. The second kappa shape index (κ2) is 7.37. The van der Waals surface area contributed by atoms with E-state index in [1.54, 1.807) is 0 Å². The zero-order valence-electron chi connectivity index (χ0n) is 14.0. The molecule has 1 amide bonds. The smallest absolute Gasteiger partial charge is 0.234 e. The first-order valence-corrected chi connectivity index (χ1v) is 8.85. The molecule has 0 aliphatic carbocycles. The number of carbonyl (C=O) groups excluding carboxylic acids is 1. The highest BCUT2D eigenvalue weighted by Gasteiger charge is 2.11. The van der Waals surface area contributed by atoms with Crippen LogP contribution in [0.15, 0.2) is 53.6 Å². The van der Waals surface area contributed by atoms with Crippen LogP contribution in [0.3, 0.4) is 0 Å². The largest absolute Gasteiger partial charge is 0.325 e. The van der Waals surface area contributed by atoms with E-state index in [1.807, 2.05) is 62.4 Å². The number of para-hydroxylation sites is 1. The second-order valence-corrected chi connectivity index (χ2v) is 6.77. The molecule has 0 spiro atoms. The lowest BCUT2D eigenvalue weighted by Crippen LogP contribution is -2.14. The Bertz CT molecular complexity index is 992. The van der Waals surface area contributed by atoms with Crippen LogP contribution in [-0.4, -0.2) is 16.6 Å². The van der Waals surface area contributed by atoms with Crippen molar-refractivity contribution in [2.75, 3.05) is 11.1 Å². The number of aryl methyl sites for hydroxylation is 2. The van der Waals surface area contributed by atoms with Crippen molar-refractivity contribution in [2.24, 2.45) is 0 Å². The number of carbonyl (C=O) groups is 1. The normalized spacial score (nSPS) is 10.4. The highest BCUT2D eigenvalue weighted by atomic mass is 32.2. The molecular formula is C20H17N3OS. The average Bonchev–Trinajstić information content (AvgIpc) is 2.59. The van der Waals surface area contributed by atoms with Gasteiger partial charge in [0.2, 0.25) is 5.91 Å². The molecule has 0 aliphatic heterocycles. The molecule has 5 heteroatoms. The van der Waals surface area contributed by atoms with E-state index in [0.29, 0.717) is 10.6 Å². The van der Waals surface area contributed by atoms with Gasteiger partial charge in [0.15, 0.2) is 0 Å². The van der Waals surface area contributed by atoms with Crippen molar-refractivity contribution < 1.29 is 4.79 Å². The van der Waals surface area contributed by atoms with Gasteiger partial charge in [-0.3, -0.25) is 4.79 Å². The predicted molar refractivity (Wildman–Crippen MR) is 102 cm³/mol. The molecule has 0 bridgehead atoms. The summed E-state index contributed by atoms with van der Waals surface area (Å²) in [5.74, 6) is 0.0821. The number of nitrogens with zero attached hydrogens (tertiary/aromatic N) is 2. The van der Waals surface area contributed by atoms with E-state index in [1.165, 1.54) is 11.8 Å². The number of pyridine rings is 1. The molecule has 0 atom stereocenters. The molecular weight excluding hydrogens is 330 g/mol. The zero-order chi connectivity index (χ0) is 17.8. The van der Waals surface area contributed by atoms with Gasteiger partial charge in [0, 0.05) is 11.1 Å². The zero-order valence-corrected chi connectivity index (χ0v) is 14.9. The minimum Gasteiger partial charge on any atom is -0.325 e. The van der Waals surface area contributed by atoms with Crippen molar-refractivity contribution in [1.29, 1.82) is 5.26 Å². The first-order chi connectivity index (χ1) is 12.1. The number of nitriles is 1. The van der Waals surface area contributed by atoms with Crippen LogP contribution >= 0.6 is 11.8 Å². The highest BCUT2D eigenvalue weighted by molar-refractivity contribution is 8.00. The van der Waals surface area contributed by atoms with E-state index in [0.717, 1.165) is 27.7 Å². The van der Waals surface area contributed by atoms with Gasteiger partial charge >= 0.3 is 0 Å². The van der Waals surface area contributed by atoms with Crippen molar-refractivity contribution in [2.45, 2.75) is 18.9 Å². The second-order valence-electron chi connectivity index (χ2n) is 5.81. The number of amides is 1. The Morgan fingerprint density at radius 3 is 2.76 bits per heavy atom. The molecule has 1 N–H and O–H groups in total. The molecule has 25 heavy (non-hydrogen) atoms. The fraction of sp³-hybridized carbons (Fsp3) is 0.150. The van der Waals surface area contributed by atoms with Gasteiger partial charge in [-0.1, -0.05) is 42.1 Å². The van der Waals surface area contributed by atoms with Gasteiger partial charge < -0.3 is 5.32 Å². The molecule has 0 radical (unpaired) electrons. The molecule has 0 unspecified atom stereocenters. The SMILES string of the molecule is Cc1cccc(NC(=O)CSc2nc3c(C)cccc3cc2C#N)c1. The van der Waals surface area contributed by atoms with Gasteiger partial charge in [0.25, 0.3) is 0 Å². The lowest BCUT2D eigenvalue weighted by molar-refractivity contribution is -0.113. The first kappa shape index (κ1) is 17.0. The van der Waals surface area contributed by atoms with Crippen LogP contribution in [0, 0.1) is 25.2 Å². The van der Waals surface area contributed by atoms with E-state index in [-0.39, 0.29) is 11.7 Å². The van der Waals surface area contributed by atoms with Crippen LogP contribution in [0.4, 0.5) is 5.69 Å². The molecule has 1 heterocycles. The summed E-state index contributed by atoms with van der Waals surface area (Å²) in [7, 11) is 0. The standard InChI is InChI=1S/C20H17N3OS/c1-13-5-3-8-17(9-13)22-18(24)12-25-20-16(11-21)10-15-7-4-6-14(2)19(15)23-20/h3-10H,12H2,1-2H3,(H,22,24). The number of thioether (sulfide) groups is 1. The van der Waals surface area contributed by atoms with Crippen molar-refractivity contribution >= 4 is 34.3 Å². The summed E-state index contributed by atoms with van der Waals surface area (Å²) in [6, 6.07) is 17.5. The molecule has 0 saturated heterocycles. The van der Waals surface area contributed by atoms with E-state index in [2.05, 4.69) is 16.4 Å². The molecule has 0 saturated carbocycles. The third-order valence-corrected chi connectivity index (χ3v) is 4.77. The average molecular weight is 347 g/mol. The van der Waals surface area contributed by atoms with Crippen LogP contribution in [0.25, 0.3) is 10.9 Å². The summed E-state index contributed by atoms with van der Waals surface area (Å²) >= 11 is 1.28. The monoisotopic (exact) mass is 347 g/mol. The van der Waals surface area contributed by atoms with E-state index >= 15 is 0 Å². The van der Waals surface area contributed by atoms with Crippen LogP contribution in [0.5, 0.6) is 0 Å². The Labute approximate surface area is 150 Å². The summed E-state index contributed by atoms with van der Waals surface area (Å²) in [6.45, 7) is 3.96.